The van der Waals surface area contributed by atoms with Crippen molar-refractivity contribution in [3.8, 4) is 17.7 Å². The molecule has 0 bridgehead atoms. The summed E-state index contributed by atoms with van der Waals surface area (Å²) in [7, 11) is 0. The summed E-state index contributed by atoms with van der Waals surface area (Å²) in [6.07, 6.45) is 4.54. The van der Waals surface area contributed by atoms with Gasteiger partial charge in [0.25, 0.3) is 0 Å². The Kier molecular flexibility index (Phi) is 5.91. The number of fused-ring (bicyclic) bond motifs is 1. The van der Waals surface area contributed by atoms with E-state index in [1.54, 1.807) is 19.2 Å². The first kappa shape index (κ1) is 16.0. The molecule has 2 rings (SSSR count). The van der Waals surface area contributed by atoms with E-state index in [0.29, 0.717) is 25.3 Å². The van der Waals surface area contributed by atoms with Crippen LogP contribution in [0.5, 0.6) is 5.88 Å². The zero-order chi connectivity index (χ0) is 15.8. The normalized spacial score (nSPS) is 11.5. The van der Waals surface area contributed by atoms with Gasteiger partial charge in [-0.15, -0.1) is 0 Å². The molecule has 3 nitrogen and oxygen atoms in total. The lowest BCUT2D eigenvalue weighted by atomic mass is 10.1. The highest BCUT2D eigenvalue weighted by Crippen LogP contribution is 2.15. The molecule has 0 saturated carbocycles. The number of alkyl halides is 1. The van der Waals surface area contributed by atoms with E-state index in [1.165, 1.54) is 0 Å². The summed E-state index contributed by atoms with van der Waals surface area (Å²) < 4.78 is 18.0. The molecule has 4 heteroatoms. The first-order chi connectivity index (χ1) is 10.7. The molecule has 0 spiro atoms. The summed E-state index contributed by atoms with van der Waals surface area (Å²) in [6, 6.07) is 5.67. The maximum atomic E-state index is 12.7. The Morgan fingerprint density at radius 2 is 2.27 bits per heavy atom. The average molecular weight is 298 g/mol. The van der Waals surface area contributed by atoms with Crippen LogP contribution in [-0.2, 0) is 0 Å². The second kappa shape index (κ2) is 8.14. The Balaban J connectivity index is 2.04. The van der Waals surface area contributed by atoms with Crippen molar-refractivity contribution in [1.29, 1.82) is 0 Å². The number of ether oxygens (including phenoxy) is 1. The second-order valence-corrected chi connectivity index (χ2v) is 4.99. The highest BCUT2D eigenvalue weighted by atomic mass is 19.1. The maximum absolute atomic E-state index is 12.7. The van der Waals surface area contributed by atoms with Gasteiger partial charge in [0.2, 0.25) is 5.88 Å². The maximum Gasteiger partial charge on any atom is 0.233 e. The van der Waals surface area contributed by atoms with Gasteiger partial charge in [-0.1, -0.05) is 24.5 Å². The molecule has 1 aromatic carbocycles. The number of unbranched alkanes of at least 4 members (excludes halogenated alkanes) is 1. The predicted octanol–water partition coefficient (Wildman–Crippen LogP) is 4.07. The molecular formula is C18H19FN2O. The molecule has 1 unspecified atom stereocenters. The topological polar surface area (TPSA) is 35.0 Å². The first-order valence-corrected chi connectivity index (χ1v) is 7.32. The minimum atomic E-state index is -0.754. The third kappa shape index (κ3) is 4.85. The molecule has 0 aliphatic rings. The van der Waals surface area contributed by atoms with Gasteiger partial charge in [-0.2, -0.15) is 0 Å². The van der Waals surface area contributed by atoms with E-state index in [4.69, 9.17) is 4.74 Å². The molecular weight excluding hydrogens is 279 g/mol. The standard InChI is InChI=1S/C18H19FN2O/c1-3-11-22-18-13-20-17-12-15(9-10-16(17)21-18)8-6-4-5-7-14(2)19/h3,9-10,12-14H,1,4-5,7,11H2,2H3. The Hall–Kier alpha value is -2.41. The highest BCUT2D eigenvalue weighted by Gasteiger charge is 2.01. The molecule has 0 fully saturated rings. The van der Waals surface area contributed by atoms with Crippen LogP contribution in [0.25, 0.3) is 11.0 Å². The largest absolute Gasteiger partial charge is 0.472 e. The number of hydrogen-bond acceptors (Lipinski definition) is 3. The van der Waals surface area contributed by atoms with Gasteiger partial charge in [-0.3, -0.25) is 0 Å². The molecule has 22 heavy (non-hydrogen) atoms. The summed E-state index contributed by atoms with van der Waals surface area (Å²) in [5, 5.41) is 0. The molecule has 0 N–H and O–H groups in total. The molecule has 1 atom stereocenters. The number of halogens is 1. The molecule has 1 heterocycles. The van der Waals surface area contributed by atoms with Crippen molar-refractivity contribution in [2.45, 2.75) is 32.4 Å². The molecule has 0 aliphatic heterocycles. The average Bonchev–Trinajstić information content (AvgIpc) is 2.52. The minimum absolute atomic E-state index is 0.404. The summed E-state index contributed by atoms with van der Waals surface area (Å²) in [6.45, 7) is 5.57. The van der Waals surface area contributed by atoms with Crippen LogP contribution in [0.1, 0.15) is 31.7 Å². The van der Waals surface area contributed by atoms with Crippen LogP contribution in [-0.4, -0.2) is 22.7 Å². The Labute approximate surface area is 130 Å². The van der Waals surface area contributed by atoms with Crippen molar-refractivity contribution in [3.63, 3.8) is 0 Å². The summed E-state index contributed by atoms with van der Waals surface area (Å²) >= 11 is 0. The van der Waals surface area contributed by atoms with Crippen LogP contribution in [0.3, 0.4) is 0 Å². The number of aromatic nitrogens is 2. The van der Waals surface area contributed by atoms with Crippen molar-refractivity contribution < 1.29 is 9.13 Å². The summed E-state index contributed by atoms with van der Waals surface area (Å²) in [5.41, 5.74) is 2.42. The fourth-order valence-corrected chi connectivity index (χ4v) is 1.92. The van der Waals surface area contributed by atoms with Crippen molar-refractivity contribution in [3.05, 3.63) is 42.6 Å². The van der Waals surface area contributed by atoms with E-state index in [0.717, 1.165) is 23.0 Å². The third-order valence-electron chi connectivity index (χ3n) is 3.01. The molecule has 2 aromatic rings. The molecule has 0 aliphatic carbocycles. The van der Waals surface area contributed by atoms with Crippen molar-refractivity contribution in [1.82, 2.24) is 9.97 Å². The van der Waals surface area contributed by atoms with Crippen molar-refractivity contribution in [2.24, 2.45) is 0 Å². The van der Waals surface area contributed by atoms with Crippen LogP contribution >= 0.6 is 0 Å². The number of benzene rings is 1. The van der Waals surface area contributed by atoms with Crippen LogP contribution in [0.15, 0.2) is 37.1 Å². The van der Waals surface area contributed by atoms with Crippen LogP contribution < -0.4 is 4.74 Å². The van der Waals surface area contributed by atoms with Gasteiger partial charge >= 0.3 is 0 Å². The van der Waals surface area contributed by atoms with Crippen LogP contribution in [0.2, 0.25) is 0 Å². The van der Waals surface area contributed by atoms with E-state index in [9.17, 15) is 4.39 Å². The monoisotopic (exact) mass is 298 g/mol. The molecule has 1 aromatic heterocycles. The van der Waals surface area contributed by atoms with Crippen molar-refractivity contribution >= 4 is 11.0 Å². The molecule has 0 amide bonds. The zero-order valence-corrected chi connectivity index (χ0v) is 12.7. The van der Waals surface area contributed by atoms with Crippen LogP contribution in [0.4, 0.5) is 4.39 Å². The first-order valence-electron chi connectivity index (χ1n) is 7.32. The van der Waals surface area contributed by atoms with Gasteiger partial charge in [0.15, 0.2) is 0 Å². The predicted molar refractivity (Wildman–Crippen MR) is 86.5 cm³/mol. The van der Waals surface area contributed by atoms with Gasteiger partial charge in [0.1, 0.15) is 6.61 Å². The molecule has 114 valence electrons. The van der Waals surface area contributed by atoms with E-state index in [2.05, 4.69) is 28.4 Å². The van der Waals surface area contributed by atoms with Gasteiger partial charge in [0, 0.05) is 12.0 Å². The lowest BCUT2D eigenvalue weighted by Gasteiger charge is -2.03. The lowest BCUT2D eigenvalue weighted by molar-refractivity contribution is 0.336. The second-order valence-electron chi connectivity index (χ2n) is 4.99. The van der Waals surface area contributed by atoms with Gasteiger partial charge in [-0.25, -0.2) is 14.4 Å². The summed E-state index contributed by atoms with van der Waals surface area (Å²) in [4.78, 5) is 8.68. The van der Waals surface area contributed by atoms with E-state index >= 15 is 0 Å². The van der Waals surface area contributed by atoms with Crippen LogP contribution in [0, 0.1) is 11.8 Å². The Bertz CT molecular complexity index is 701. The Morgan fingerprint density at radius 3 is 3.05 bits per heavy atom. The SMILES string of the molecule is C=CCOc1cnc2cc(C#CCCCC(C)F)ccc2n1. The van der Waals surface area contributed by atoms with Gasteiger partial charge in [0.05, 0.1) is 23.4 Å². The fraction of sp³-hybridized carbons (Fsp3) is 0.333. The smallest absolute Gasteiger partial charge is 0.233 e. The molecule has 0 radical (unpaired) electrons. The highest BCUT2D eigenvalue weighted by molar-refractivity contribution is 5.76. The molecule has 0 saturated heterocycles. The van der Waals surface area contributed by atoms with Gasteiger partial charge < -0.3 is 4.74 Å². The number of nitrogens with zero attached hydrogens (tertiary/aromatic N) is 2. The quantitative estimate of drug-likeness (QED) is 0.458. The van der Waals surface area contributed by atoms with E-state index < -0.39 is 6.17 Å². The zero-order valence-electron chi connectivity index (χ0n) is 12.7. The summed E-state index contributed by atoms with van der Waals surface area (Å²) in [5.74, 6) is 6.61. The third-order valence-corrected chi connectivity index (χ3v) is 3.01. The van der Waals surface area contributed by atoms with Crippen molar-refractivity contribution in [2.75, 3.05) is 6.61 Å². The fourth-order valence-electron chi connectivity index (χ4n) is 1.92. The van der Waals surface area contributed by atoms with E-state index in [1.807, 2.05) is 18.2 Å². The van der Waals surface area contributed by atoms with Gasteiger partial charge in [-0.05, 0) is 38.0 Å². The number of hydrogen-bond donors (Lipinski definition) is 0. The van der Waals surface area contributed by atoms with E-state index in [-0.39, 0.29) is 0 Å². The lowest BCUT2D eigenvalue weighted by Crippen LogP contribution is -1.96. The number of rotatable bonds is 6. The minimum Gasteiger partial charge on any atom is -0.472 e. The Morgan fingerprint density at radius 1 is 1.41 bits per heavy atom.